The van der Waals surface area contributed by atoms with E-state index in [-0.39, 0.29) is 11.7 Å². The largest absolute Gasteiger partial charge is 0.293 e. The lowest BCUT2D eigenvalue weighted by Crippen LogP contribution is -2.19. The minimum Gasteiger partial charge on any atom is -0.293 e. The maximum Gasteiger partial charge on any atom is 0.172 e. The van der Waals surface area contributed by atoms with Gasteiger partial charge in [-0.05, 0) is 5.56 Å². The number of hydrogen-bond acceptors (Lipinski definition) is 3. The maximum absolute atomic E-state index is 12.8. The molecule has 0 amide bonds. The van der Waals surface area contributed by atoms with Gasteiger partial charge < -0.3 is 0 Å². The van der Waals surface area contributed by atoms with Crippen LogP contribution in [0.15, 0.2) is 73.3 Å². The van der Waals surface area contributed by atoms with Crippen LogP contribution in [0.5, 0.6) is 0 Å². The molecule has 0 aliphatic carbocycles. The lowest BCUT2D eigenvalue weighted by Gasteiger charge is -2.16. The molecular weight excluding hydrogens is 262 g/mol. The molecule has 3 rings (SSSR count). The number of carbonyl (C=O) groups is 1. The third-order valence-corrected chi connectivity index (χ3v) is 3.41. The number of nitrogens with zero attached hydrogens (tertiary/aromatic N) is 3. The molecule has 1 aromatic heterocycles. The Bertz CT molecular complexity index is 693. The molecule has 0 spiro atoms. The van der Waals surface area contributed by atoms with Crippen LogP contribution in [-0.2, 0) is 6.54 Å². The Morgan fingerprint density at radius 1 is 1.00 bits per heavy atom. The van der Waals surface area contributed by atoms with Crippen molar-refractivity contribution in [3.05, 3.63) is 84.4 Å². The molecule has 0 saturated heterocycles. The predicted molar refractivity (Wildman–Crippen MR) is 80.0 cm³/mol. The average Bonchev–Trinajstić information content (AvgIpc) is 3.07. The molecule has 104 valence electrons. The van der Waals surface area contributed by atoms with Crippen molar-refractivity contribution in [2.75, 3.05) is 0 Å². The van der Waals surface area contributed by atoms with Crippen LogP contribution in [0.2, 0.25) is 0 Å². The summed E-state index contributed by atoms with van der Waals surface area (Å²) >= 11 is 0. The van der Waals surface area contributed by atoms with Crippen LogP contribution < -0.4 is 0 Å². The van der Waals surface area contributed by atoms with Crippen molar-refractivity contribution in [1.29, 1.82) is 0 Å². The zero-order valence-corrected chi connectivity index (χ0v) is 11.5. The second kappa shape index (κ2) is 6.13. The summed E-state index contributed by atoms with van der Waals surface area (Å²) in [7, 11) is 0. The fourth-order valence-electron chi connectivity index (χ4n) is 2.34. The number of hydrogen-bond donors (Lipinski definition) is 0. The van der Waals surface area contributed by atoms with Gasteiger partial charge in [-0.25, -0.2) is 4.98 Å². The highest BCUT2D eigenvalue weighted by Gasteiger charge is 2.22. The summed E-state index contributed by atoms with van der Waals surface area (Å²) in [6, 6.07) is 19.2. The first-order chi connectivity index (χ1) is 10.3. The monoisotopic (exact) mass is 277 g/mol. The van der Waals surface area contributed by atoms with Crippen LogP contribution >= 0.6 is 0 Å². The highest BCUT2D eigenvalue weighted by molar-refractivity contribution is 6.00. The summed E-state index contributed by atoms with van der Waals surface area (Å²) in [6.07, 6.45) is 3.11. The number of carbonyl (C=O) groups excluding carboxylic acids is 1. The van der Waals surface area contributed by atoms with Gasteiger partial charge in [0.2, 0.25) is 0 Å². The first-order valence-electron chi connectivity index (χ1n) is 6.81. The molecule has 2 aromatic carbocycles. The van der Waals surface area contributed by atoms with Crippen LogP contribution in [0.3, 0.4) is 0 Å². The molecule has 0 bridgehead atoms. The van der Waals surface area contributed by atoms with Crippen molar-refractivity contribution in [3.8, 4) is 0 Å². The minimum atomic E-state index is -0.268. The molecule has 0 saturated carbocycles. The van der Waals surface area contributed by atoms with Gasteiger partial charge in [0.05, 0.1) is 12.5 Å². The number of Topliss-reactive ketones (excluding diaryl/α,β-unsaturated/α-hetero) is 1. The summed E-state index contributed by atoms with van der Waals surface area (Å²) in [5, 5.41) is 4.11. The molecule has 21 heavy (non-hydrogen) atoms. The summed E-state index contributed by atoms with van der Waals surface area (Å²) < 4.78 is 1.69. The first-order valence-corrected chi connectivity index (χ1v) is 6.81. The van der Waals surface area contributed by atoms with Gasteiger partial charge in [-0.1, -0.05) is 60.7 Å². The third kappa shape index (κ3) is 3.05. The quantitative estimate of drug-likeness (QED) is 0.674. The fourth-order valence-corrected chi connectivity index (χ4v) is 2.34. The molecule has 4 heteroatoms. The van der Waals surface area contributed by atoms with E-state index in [1.165, 1.54) is 6.33 Å². The summed E-state index contributed by atoms with van der Waals surface area (Å²) in [6.45, 7) is 0.484. The molecular formula is C17H15N3O. The molecule has 3 aromatic rings. The summed E-state index contributed by atoms with van der Waals surface area (Å²) in [5.41, 5.74) is 1.70. The van der Waals surface area contributed by atoms with Gasteiger partial charge >= 0.3 is 0 Å². The van der Waals surface area contributed by atoms with Crippen molar-refractivity contribution < 1.29 is 4.79 Å². The van der Waals surface area contributed by atoms with Crippen LogP contribution in [0.1, 0.15) is 21.8 Å². The number of aromatic nitrogens is 3. The van der Waals surface area contributed by atoms with Crippen molar-refractivity contribution in [3.63, 3.8) is 0 Å². The fraction of sp³-hybridized carbons (Fsp3) is 0.118. The molecule has 1 atom stereocenters. The number of rotatable bonds is 5. The molecule has 1 unspecified atom stereocenters. The summed E-state index contributed by atoms with van der Waals surface area (Å²) in [4.78, 5) is 16.8. The zero-order chi connectivity index (χ0) is 14.5. The van der Waals surface area contributed by atoms with E-state index in [1.54, 1.807) is 11.0 Å². The molecule has 0 aliphatic rings. The van der Waals surface area contributed by atoms with E-state index >= 15 is 0 Å². The van der Waals surface area contributed by atoms with Crippen molar-refractivity contribution in [2.45, 2.75) is 12.5 Å². The van der Waals surface area contributed by atoms with Gasteiger partial charge in [-0.2, -0.15) is 5.10 Å². The van der Waals surface area contributed by atoms with Gasteiger partial charge in [-0.3, -0.25) is 9.48 Å². The Morgan fingerprint density at radius 3 is 2.29 bits per heavy atom. The standard InChI is InChI=1S/C17H15N3O/c21-17(15-9-5-2-6-10-15)16(11-20-13-18-12-19-20)14-7-3-1-4-8-14/h1-10,12-13,16H,11H2. The van der Waals surface area contributed by atoms with E-state index in [9.17, 15) is 4.79 Å². The lowest BCUT2D eigenvalue weighted by atomic mass is 9.90. The van der Waals surface area contributed by atoms with Crippen LogP contribution in [0, 0.1) is 0 Å². The smallest absolute Gasteiger partial charge is 0.172 e. The Labute approximate surface area is 123 Å². The summed E-state index contributed by atoms with van der Waals surface area (Å²) in [5.74, 6) is -0.174. The Balaban J connectivity index is 1.94. The second-order valence-corrected chi connectivity index (χ2v) is 4.81. The molecule has 0 aliphatic heterocycles. The number of ketones is 1. The molecule has 0 fully saturated rings. The van der Waals surface area contributed by atoms with E-state index in [0.29, 0.717) is 12.1 Å². The SMILES string of the molecule is O=C(c1ccccc1)C(Cn1cncn1)c1ccccc1. The van der Waals surface area contributed by atoms with Gasteiger partial charge in [0.25, 0.3) is 0 Å². The van der Waals surface area contributed by atoms with Gasteiger partial charge in [0.15, 0.2) is 5.78 Å². The van der Waals surface area contributed by atoms with Crippen LogP contribution in [0.4, 0.5) is 0 Å². The van der Waals surface area contributed by atoms with E-state index in [2.05, 4.69) is 10.1 Å². The highest BCUT2D eigenvalue weighted by Crippen LogP contribution is 2.22. The molecule has 0 radical (unpaired) electrons. The van der Waals surface area contributed by atoms with E-state index < -0.39 is 0 Å². The van der Waals surface area contributed by atoms with Crippen LogP contribution in [0.25, 0.3) is 0 Å². The predicted octanol–water partition coefficient (Wildman–Crippen LogP) is 2.94. The zero-order valence-electron chi connectivity index (χ0n) is 11.5. The third-order valence-electron chi connectivity index (χ3n) is 3.41. The minimum absolute atomic E-state index is 0.0947. The molecule has 4 nitrogen and oxygen atoms in total. The second-order valence-electron chi connectivity index (χ2n) is 4.81. The molecule has 0 N–H and O–H groups in total. The first kappa shape index (κ1) is 13.2. The Kier molecular flexibility index (Phi) is 3.87. The van der Waals surface area contributed by atoms with Crippen molar-refractivity contribution in [2.24, 2.45) is 0 Å². The van der Waals surface area contributed by atoms with Crippen molar-refractivity contribution in [1.82, 2.24) is 14.8 Å². The average molecular weight is 277 g/mol. The van der Waals surface area contributed by atoms with Gasteiger partial charge in [-0.15, -0.1) is 0 Å². The Morgan fingerprint density at radius 2 is 1.67 bits per heavy atom. The van der Waals surface area contributed by atoms with E-state index in [0.717, 1.165) is 5.56 Å². The van der Waals surface area contributed by atoms with Gasteiger partial charge in [0, 0.05) is 5.56 Å². The number of benzene rings is 2. The van der Waals surface area contributed by atoms with Crippen molar-refractivity contribution >= 4 is 5.78 Å². The van der Waals surface area contributed by atoms with E-state index in [1.807, 2.05) is 60.7 Å². The normalized spacial score (nSPS) is 12.0. The van der Waals surface area contributed by atoms with Gasteiger partial charge in [0.1, 0.15) is 12.7 Å². The van der Waals surface area contributed by atoms with E-state index in [4.69, 9.17) is 0 Å². The lowest BCUT2D eigenvalue weighted by molar-refractivity contribution is 0.0949. The maximum atomic E-state index is 12.8. The Hall–Kier alpha value is -2.75. The highest BCUT2D eigenvalue weighted by atomic mass is 16.1. The van der Waals surface area contributed by atoms with Crippen LogP contribution in [-0.4, -0.2) is 20.5 Å². The topological polar surface area (TPSA) is 47.8 Å². The molecule has 1 heterocycles.